The third-order valence-electron chi connectivity index (χ3n) is 4.12. The van der Waals surface area contributed by atoms with Crippen molar-refractivity contribution < 1.29 is 14.3 Å². The second kappa shape index (κ2) is 7.49. The summed E-state index contributed by atoms with van der Waals surface area (Å²) in [5.41, 5.74) is -0.432. The maximum absolute atomic E-state index is 12.1. The first-order valence-electron chi connectivity index (χ1n) is 8.09. The Bertz CT molecular complexity index is 350. The van der Waals surface area contributed by atoms with Crippen LogP contribution in [0.5, 0.6) is 0 Å². The zero-order chi connectivity index (χ0) is 15.5. The molecule has 5 heteroatoms. The number of hydrogen-bond donors (Lipinski definition) is 0. The Morgan fingerprint density at radius 2 is 1.86 bits per heavy atom. The number of halogens is 1. The molecule has 1 aliphatic heterocycles. The second-order valence-electron chi connectivity index (χ2n) is 7.28. The van der Waals surface area contributed by atoms with Crippen LogP contribution in [0.2, 0.25) is 0 Å². The van der Waals surface area contributed by atoms with Crippen LogP contribution in [-0.2, 0) is 9.47 Å². The van der Waals surface area contributed by atoms with Gasteiger partial charge in [0.2, 0.25) is 0 Å². The summed E-state index contributed by atoms with van der Waals surface area (Å²) in [7, 11) is 0. The molecule has 0 aromatic heterocycles. The molecule has 21 heavy (non-hydrogen) atoms. The molecule has 0 bridgehead atoms. The number of amides is 1. The van der Waals surface area contributed by atoms with Gasteiger partial charge in [-0.25, -0.2) is 4.79 Å². The van der Waals surface area contributed by atoms with Gasteiger partial charge in [-0.05, 0) is 39.5 Å². The van der Waals surface area contributed by atoms with Gasteiger partial charge >= 0.3 is 6.09 Å². The Hall–Kier alpha value is -0.0400. The highest BCUT2D eigenvalue weighted by Crippen LogP contribution is 2.27. The molecule has 122 valence electrons. The number of nitrogens with zero attached hydrogens (tertiary/aromatic N) is 1. The van der Waals surface area contributed by atoms with Crippen molar-refractivity contribution in [1.29, 1.82) is 0 Å². The number of carbonyl (C=O) groups excluding carboxylic acids is 1. The van der Waals surface area contributed by atoms with Gasteiger partial charge in [-0.1, -0.05) is 41.9 Å². The van der Waals surface area contributed by atoms with Crippen LogP contribution >= 0.6 is 22.6 Å². The van der Waals surface area contributed by atoms with Gasteiger partial charge in [0.05, 0.1) is 16.6 Å². The van der Waals surface area contributed by atoms with E-state index in [-0.39, 0.29) is 12.2 Å². The van der Waals surface area contributed by atoms with Crippen LogP contribution in [0.3, 0.4) is 0 Å². The lowest BCUT2D eigenvalue weighted by molar-refractivity contribution is 0.0131. The summed E-state index contributed by atoms with van der Waals surface area (Å²) >= 11 is 2.40. The van der Waals surface area contributed by atoms with E-state index in [0.717, 1.165) is 19.1 Å². The molecule has 2 atom stereocenters. The molecule has 2 aliphatic rings. The van der Waals surface area contributed by atoms with Crippen LogP contribution < -0.4 is 0 Å². The van der Waals surface area contributed by atoms with E-state index in [2.05, 4.69) is 22.6 Å². The van der Waals surface area contributed by atoms with Crippen LogP contribution in [0.15, 0.2) is 0 Å². The summed E-state index contributed by atoms with van der Waals surface area (Å²) < 4.78 is 11.9. The minimum absolute atomic E-state index is 0.153. The fourth-order valence-electron chi connectivity index (χ4n) is 2.98. The van der Waals surface area contributed by atoms with Gasteiger partial charge < -0.3 is 14.4 Å². The minimum Gasteiger partial charge on any atom is -0.444 e. The van der Waals surface area contributed by atoms with E-state index in [9.17, 15) is 4.79 Å². The van der Waals surface area contributed by atoms with E-state index in [1.54, 1.807) is 4.90 Å². The Balaban J connectivity index is 1.76. The first kappa shape index (κ1) is 17.3. The molecule has 0 N–H and O–H groups in total. The Labute approximate surface area is 142 Å². The highest BCUT2D eigenvalue weighted by molar-refractivity contribution is 14.1. The number of alkyl halides is 1. The standard InChI is InChI=1S/C16H28INO3/c1-16(2,3)21-15(19)18-9-13(17)14(10-18)20-11-12-7-5-4-6-8-12/h12-14H,4-11H2,1-3H3. The molecule has 2 fully saturated rings. The number of rotatable bonds is 3. The highest BCUT2D eigenvalue weighted by Gasteiger charge is 2.36. The fraction of sp³-hybridized carbons (Fsp3) is 0.938. The van der Waals surface area contributed by atoms with E-state index in [4.69, 9.17) is 9.47 Å². The molecular weight excluding hydrogens is 381 g/mol. The van der Waals surface area contributed by atoms with Gasteiger partial charge in [0.25, 0.3) is 0 Å². The van der Waals surface area contributed by atoms with Crippen LogP contribution in [0.1, 0.15) is 52.9 Å². The summed E-state index contributed by atoms with van der Waals surface area (Å²) in [6.45, 7) is 7.95. The van der Waals surface area contributed by atoms with Crippen LogP contribution in [0, 0.1) is 5.92 Å². The number of carbonyl (C=O) groups is 1. The van der Waals surface area contributed by atoms with E-state index in [1.807, 2.05) is 20.8 Å². The number of hydrogen-bond acceptors (Lipinski definition) is 3. The minimum atomic E-state index is -0.432. The average Bonchev–Trinajstić information content (AvgIpc) is 2.77. The highest BCUT2D eigenvalue weighted by atomic mass is 127. The first-order chi connectivity index (χ1) is 9.85. The predicted molar refractivity (Wildman–Crippen MR) is 91.9 cm³/mol. The molecule has 1 saturated carbocycles. The molecule has 0 aromatic carbocycles. The summed E-state index contributed by atoms with van der Waals surface area (Å²) in [4.78, 5) is 13.9. The molecule has 1 heterocycles. The van der Waals surface area contributed by atoms with Gasteiger partial charge in [-0.2, -0.15) is 0 Å². The van der Waals surface area contributed by atoms with Crippen LogP contribution in [-0.4, -0.2) is 46.3 Å². The third-order valence-corrected chi connectivity index (χ3v) is 5.32. The van der Waals surface area contributed by atoms with Gasteiger partial charge in [0.15, 0.2) is 0 Å². The second-order valence-corrected chi connectivity index (χ2v) is 8.88. The summed E-state index contributed by atoms with van der Waals surface area (Å²) in [6, 6.07) is 0. The van der Waals surface area contributed by atoms with Crippen molar-refractivity contribution in [2.24, 2.45) is 5.92 Å². The molecule has 0 spiro atoms. The molecule has 0 aromatic rings. The zero-order valence-electron chi connectivity index (χ0n) is 13.4. The molecule has 2 rings (SSSR count). The van der Waals surface area contributed by atoms with Crippen LogP contribution in [0.25, 0.3) is 0 Å². The smallest absolute Gasteiger partial charge is 0.410 e. The lowest BCUT2D eigenvalue weighted by Crippen LogP contribution is -2.36. The van der Waals surface area contributed by atoms with Crippen molar-refractivity contribution >= 4 is 28.7 Å². The third kappa shape index (κ3) is 5.58. The van der Waals surface area contributed by atoms with E-state index >= 15 is 0 Å². The summed E-state index contributed by atoms with van der Waals surface area (Å²) in [5.74, 6) is 0.720. The molecule has 2 unspecified atom stereocenters. The monoisotopic (exact) mass is 409 g/mol. The molecule has 1 amide bonds. The molecule has 1 aliphatic carbocycles. The van der Waals surface area contributed by atoms with E-state index < -0.39 is 5.60 Å². The number of likely N-dealkylation sites (tertiary alicyclic amines) is 1. The van der Waals surface area contributed by atoms with E-state index in [0.29, 0.717) is 10.5 Å². The maximum Gasteiger partial charge on any atom is 0.410 e. The number of ether oxygens (including phenoxy) is 2. The molecule has 4 nitrogen and oxygen atoms in total. The van der Waals surface area contributed by atoms with Crippen molar-refractivity contribution in [3.63, 3.8) is 0 Å². The largest absolute Gasteiger partial charge is 0.444 e. The van der Waals surface area contributed by atoms with Crippen molar-refractivity contribution in [2.45, 2.75) is 68.5 Å². The lowest BCUT2D eigenvalue weighted by Gasteiger charge is -2.25. The maximum atomic E-state index is 12.1. The Morgan fingerprint density at radius 3 is 2.48 bits per heavy atom. The quantitative estimate of drug-likeness (QED) is 0.523. The van der Waals surface area contributed by atoms with Crippen molar-refractivity contribution in [3.8, 4) is 0 Å². The van der Waals surface area contributed by atoms with Gasteiger partial charge in [0.1, 0.15) is 5.60 Å². The lowest BCUT2D eigenvalue weighted by atomic mass is 9.90. The topological polar surface area (TPSA) is 38.8 Å². The first-order valence-corrected chi connectivity index (χ1v) is 9.33. The Morgan fingerprint density at radius 1 is 1.19 bits per heavy atom. The van der Waals surface area contributed by atoms with Gasteiger partial charge in [-0.15, -0.1) is 0 Å². The zero-order valence-corrected chi connectivity index (χ0v) is 15.6. The van der Waals surface area contributed by atoms with E-state index in [1.165, 1.54) is 32.1 Å². The molecule has 1 saturated heterocycles. The fourth-order valence-corrected chi connectivity index (χ4v) is 3.89. The van der Waals surface area contributed by atoms with Crippen LogP contribution in [0.4, 0.5) is 4.79 Å². The SMILES string of the molecule is CC(C)(C)OC(=O)N1CC(I)C(OCC2CCCCC2)C1. The predicted octanol–water partition coefficient (Wildman–Crippen LogP) is 4.01. The summed E-state index contributed by atoms with van der Waals surface area (Å²) in [5, 5.41) is 0. The molecule has 0 radical (unpaired) electrons. The van der Waals surface area contributed by atoms with Crippen molar-refractivity contribution in [1.82, 2.24) is 4.90 Å². The van der Waals surface area contributed by atoms with Gasteiger partial charge in [0, 0.05) is 13.2 Å². The Kier molecular flexibility index (Phi) is 6.17. The normalized spacial score (nSPS) is 27.9. The average molecular weight is 409 g/mol. The van der Waals surface area contributed by atoms with Crippen molar-refractivity contribution in [3.05, 3.63) is 0 Å². The summed E-state index contributed by atoms with van der Waals surface area (Å²) in [6.07, 6.45) is 6.60. The van der Waals surface area contributed by atoms with Crippen molar-refractivity contribution in [2.75, 3.05) is 19.7 Å². The molecular formula is C16H28INO3. The van der Waals surface area contributed by atoms with Gasteiger partial charge in [-0.3, -0.25) is 0 Å².